The number of rotatable bonds is 6. The van der Waals surface area contributed by atoms with Gasteiger partial charge in [-0.2, -0.15) is 0 Å². The predicted molar refractivity (Wildman–Crippen MR) is 110 cm³/mol. The van der Waals surface area contributed by atoms with Gasteiger partial charge in [-0.15, -0.1) is 0 Å². The van der Waals surface area contributed by atoms with Gasteiger partial charge < -0.3 is 15.4 Å². The number of amides is 2. The molecule has 0 unspecified atom stereocenters. The molecular formula is C21H20Cl2N2O3. The molecule has 7 heteroatoms. The van der Waals surface area contributed by atoms with E-state index in [4.69, 9.17) is 27.9 Å². The van der Waals surface area contributed by atoms with E-state index in [0.717, 1.165) is 18.4 Å². The molecule has 2 aromatic carbocycles. The Kier molecular flexibility index (Phi) is 7.09. The van der Waals surface area contributed by atoms with Gasteiger partial charge in [0.05, 0.1) is 16.7 Å². The number of benzene rings is 2. The first-order valence-corrected chi connectivity index (χ1v) is 9.71. The lowest BCUT2D eigenvalue weighted by Crippen LogP contribution is -2.38. The normalized spacial score (nSPS) is 16.6. The van der Waals surface area contributed by atoms with E-state index >= 15 is 0 Å². The Hall–Kier alpha value is -2.34. The van der Waals surface area contributed by atoms with Crippen LogP contribution in [0.5, 0.6) is 0 Å². The Morgan fingerprint density at radius 3 is 2.61 bits per heavy atom. The minimum atomic E-state index is -0.490. The smallest absolute Gasteiger partial charge is 0.267 e. The molecule has 2 N–H and O–H groups in total. The molecule has 5 nitrogen and oxygen atoms in total. The van der Waals surface area contributed by atoms with Crippen LogP contribution in [0.2, 0.25) is 10.0 Å². The molecule has 0 bridgehead atoms. The number of nitrogens with one attached hydrogen (secondary N) is 2. The van der Waals surface area contributed by atoms with Crippen LogP contribution in [0.1, 0.15) is 28.8 Å². The van der Waals surface area contributed by atoms with Crippen LogP contribution < -0.4 is 10.6 Å². The molecule has 0 saturated carbocycles. The van der Waals surface area contributed by atoms with Crippen LogP contribution >= 0.6 is 23.2 Å². The Morgan fingerprint density at radius 2 is 1.93 bits per heavy atom. The van der Waals surface area contributed by atoms with E-state index in [1.807, 2.05) is 30.3 Å². The molecule has 1 aliphatic heterocycles. The summed E-state index contributed by atoms with van der Waals surface area (Å²) in [7, 11) is 0. The third-order valence-corrected chi connectivity index (χ3v) is 4.84. The molecule has 2 amide bonds. The average molecular weight is 419 g/mol. The molecule has 0 radical (unpaired) electrons. The van der Waals surface area contributed by atoms with Gasteiger partial charge in [-0.1, -0.05) is 53.5 Å². The SMILES string of the molecule is O=C(NC[C@H]1CCCO1)/C(=C\c1ccccc1)NC(=O)c1ccc(Cl)cc1Cl. The van der Waals surface area contributed by atoms with Crippen molar-refractivity contribution >= 4 is 41.1 Å². The minimum Gasteiger partial charge on any atom is -0.376 e. The fourth-order valence-corrected chi connectivity index (χ4v) is 3.34. The molecule has 1 fully saturated rings. The molecule has 28 heavy (non-hydrogen) atoms. The highest BCUT2D eigenvalue weighted by atomic mass is 35.5. The van der Waals surface area contributed by atoms with Gasteiger partial charge in [0, 0.05) is 18.2 Å². The van der Waals surface area contributed by atoms with Crippen molar-refractivity contribution in [1.29, 1.82) is 0 Å². The van der Waals surface area contributed by atoms with Crippen LogP contribution in [0.4, 0.5) is 0 Å². The molecule has 1 saturated heterocycles. The highest BCUT2D eigenvalue weighted by molar-refractivity contribution is 6.36. The van der Waals surface area contributed by atoms with Crippen molar-refractivity contribution in [3.63, 3.8) is 0 Å². The van der Waals surface area contributed by atoms with E-state index in [0.29, 0.717) is 18.2 Å². The largest absolute Gasteiger partial charge is 0.376 e. The Morgan fingerprint density at radius 1 is 1.14 bits per heavy atom. The zero-order valence-electron chi connectivity index (χ0n) is 15.1. The predicted octanol–water partition coefficient (Wildman–Crippen LogP) is 4.06. The summed E-state index contributed by atoms with van der Waals surface area (Å²) in [6.07, 6.45) is 3.51. The summed E-state index contributed by atoms with van der Waals surface area (Å²) >= 11 is 12.0. The van der Waals surface area contributed by atoms with Crippen LogP contribution in [-0.4, -0.2) is 31.1 Å². The summed E-state index contributed by atoms with van der Waals surface area (Å²) in [5.74, 6) is -0.881. The van der Waals surface area contributed by atoms with Crippen LogP contribution in [0.3, 0.4) is 0 Å². The summed E-state index contributed by atoms with van der Waals surface area (Å²) in [6, 6.07) is 13.8. The van der Waals surface area contributed by atoms with E-state index in [1.54, 1.807) is 12.1 Å². The molecule has 1 aliphatic rings. The van der Waals surface area contributed by atoms with Crippen molar-refractivity contribution in [2.45, 2.75) is 18.9 Å². The van der Waals surface area contributed by atoms with E-state index < -0.39 is 11.8 Å². The second kappa shape index (κ2) is 9.73. The maximum absolute atomic E-state index is 12.7. The summed E-state index contributed by atoms with van der Waals surface area (Å²) in [5, 5.41) is 6.12. The Labute approximate surface area is 173 Å². The van der Waals surface area contributed by atoms with E-state index in [9.17, 15) is 9.59 Å². The van der Waals surface area contributed by atoms with E-state index in [1.165, 1.54) is 12.1 Å². The number of hydrogen-bond acceptors (Lipinski definition) is 3. The molecule has 0 aromatic heterocycles. The van der Waals surface area contributed by atoms with Crippen molar-refractivity contribution in [2.24, 2.45) is 0 Å². The summed E-state index contributed by atoms with van der Waals surface area (Å²) < 4.78 is 5.53. The molecule has 0 spiro atoms. The third kappa shape index (κ3) is 5.58. The molecule has 3 rings (SSSR count). The van der Waals surface area contributed by atoms with Crippen molar-refractivity contribution < 1.29 is 14.3 Å². The van der Waals surface area contributed by atoms with Crippen molar-refractivity contribution in [1.82, 2.24) is 10.6 Å². The summed E-state index contributed by atoms with van der Waals surface area (Å²) in [6.45, 7) is 1.10. The fraction of sp³-hybridized carbons (Fsp3) is 0.238. The van der Waals surface area contributed by atoms with Gasteiger partial charge in [-0.3, -0.25) is 9.59 Å². The van der Waals surface area contributed by atoms with Gasteiger partial charge in [0.25, 0.3) is 11.8 Å². The second-order valence-electron chi connectivity index (χ2n) is 6.39. The van der Waals surface area contributed by atoms with Crippen molar-refractivity contribution in [3.05, 3.63) is 75.4 Å². The lowest BCUT2D eigenvalue weighted by molar-refractivity contribution is -0.118. The lowest BCUT2D eigenvalue weighted by Gasteiger charge is -2.14. The van der Waals surface area contributed by atoms with Crippen molar-refractivity contribution in [3.8, 4) is 0 Å². The summed E-state index contributed by atoms with van der Waals surface area (Å²) in [5.41, 5.74) is 1.14. The Bertz CT molecular complexity index is 878. The van der Waals surface area contributed by atoms with E-state index in [-0.39, 0.29) is 22.4 Å². The third-order valence-electron chi connectivity index (χ3n) is 4.29. The van der Waals surface area contributed by atoms with Gasteiger partial charge >= 0.3 is 0 Å². The van der Waals surface area contributed by atoms with Gasteiger partial charge in [0.1, 0.15) is 5.70 Å². The van der Waals surface area contributed by atoms with Crippen LogP contribution in [-0.2, 0) is 9.53 Å². The summed E-state index contributed by atoms with van der Waals surface area (Å²) in [4.78, 5) is 25.4. The first-order chi connectivity index (χ1) is 13.5. The monoisotopic (exact) mass is 418 g/mol. The first kappa shape index (κ1) is 20.4. The first-order valence-electron chi connectivity index (χ1n) is 8.96. The fourth-order valence-electron chi connectivity index (χ4n) is 2.84. The molecule has 0 aliphatic carbocycles. The number of ether oxygens (including phenoxy) is 1. The van der Waals surface area contributed by atoms with Gasteiger partial charge in [-0.05, 0) is 42.7 Å². The Balaban J connectivity index is 1.78. The molecular weight excluding hydrogens is 399 g/mol. The number of carbonyl (C=O) groups excluding carboxylic acids is 2. The van der Waals surface area contributed by atoms with Crippen LogP contribution in [0.25, 0.3) is 6.08 Å². The zero-order valence-corrected chi connectivity index (χ0v) is 16.6. The van der Waals surface area contributed by atoms with Gasteiger partial charge in [0.15, 0.2) is 0 Å². The molecule has 146 valence electrons. The van der Waals surface area contributed by atoms with Gasteiger partial charge in [0.2, 0.25) is 0 Å². The zero-order chi connectivity index (χ0) is 19.9. The van der Waals surface area contributed by atoms with Crippen LogP contribution in [0, 0.1) is 0 Å². The topological polar surface area (TPSA) is 67.4 Å². The second-order valence-corrected chi connectivity index (χ2v) is 7.24. The van der Waals surface area contributed by atoms with Crippen molar-refractivity contribution in [2.75, 3.05) is 13.2 Å². The highest BCUT2D eigenvalue weighted by Crippen LogP contribution is 2.21. The maximum Gasteiger partial charge on any atom is 0.267 e. The molecule has 1 heterocycles. The number of halogens is 2. The minimum absolute atomic E-state index is 0.00309. The molecule has 1 atom stereocenters. The maximum atomic E-state index is 12.7. The number of carbonyl (C=O) groups is 2. The number of hydrogen-bond donors (Lipinski definition) is 2. The quantitative estimate of drug-likeness (QED) is 0.694. The van der Waals surface area contributed by atoms with E-state index in [2.05, 4.69) is 10.6 Å². The lowest BCUT2D eigenvalue weighted by atomic mass is 10.1. The average Bonchev–Trinajstić information content (AvgIpc) is 3.20. The van der Waals surface area contributed by atoms with Gasteiger partial charge in [-0.25, -0.2) is 0 Å². The standard InChI is InChI=1S/C21H20Cl2N2O3/c22-15-8-9-17(18(23)12-15)20(26)25-19(11-14-5-2-1-3-6-14)21(27)24-13-16-7-4-10-28-16/h1-3,5-6,8-9,11-12,16H,4,7,10,13H2,(H,24,27)(H,25,26)/b19-11+/t16-/m1/s1. The molecule has 2 aromatic rings. The van der Waals surface area contributed by atoms with Crippen LogP contribution in [0.15, 0.2) is 54.2 Å². The highest BCUT2D eigenvalue weighted by Gasteiger charge is 2.20.